The highest BCUT2D eigenvalue weighted by atomic mass is 16.6. The Balaban J connectivity index is 4.44. The highest BCUT2D eigenvalue weighted by Crippen LogP contribution is 2.10. The number of hydrogen-bond donors (Lipinski definition) is 2. The smallest absolute Gasteiger partial charge is 0.431 e. The molecule has 0 unspecified atom stereocenters. The number of ether oxygens (including phenoxy) is 1. The Morgan fingerprint density at radius 3 is 2.12 bits per heavy atom. The summed E-state index contributed by atoms with van der Waals surface area (Å²) in [6.45, 7) is 8.94. The molecular weight excluding hydrogens is 222 g/mol. The summed E-state index contributed by atoms with van der Waals surface area (Å²) in [5.74, 6) is 4.99. The van der Waals surface area contributed by atoms with Crippen LogP contribution in [0.2, 0.25) is 0 Å². The van der Waals surface area contributed by atoms with E-state index in [4.69, 9.17) is 16.3 Å². The van der Waals surface area contributed by atoms with E-state index in [1.807, 2.05) is 13.8 Å². The number of carbonyl (C=O) groups is 2. The van der Waals surface area contributed by atoms with Gasteiger partial charge in [0, 0.05) is 0 Å². The van der Waals surface area contributed by atoms with Crippen LogP contribution in [0.5, 0.6) is 0 Å². The van der Waals surface area contributed by atoms with Gasteiger partial charge >= 0.3 is 6.09 Å². The summed E-state index contributed by atoms with van der Waals surface area (Å²) in [4.78, 5) is 23.2. The number of nitrogens with two attached hydrogens (primary N) is 2. The Labute approximate surface area is 102 Å². The molecule has 0 aromatic heterocycles. The number of amides is 2. The van der Waals surface area contributed by atoms with Gasteiger partial charge in [-0.1, -0.05) is 13.8 Å². The Bertz CT molecular complexity index is 284. The molecule has 0 rings (SSSR count). The molecule has 0 aliphatic carbocycles. The van der Waals surface area contributed by atoms with E-state index >= 15 is 0 Å². The molecule has 0 aliphatic heterocycles. The van der Waals surface area contributed by atoms with Crippen molar-refractivity contribution in [1.29, 1.82) is 0 Å². The molecule has 17 heavy (non-hydrogen) atoms. The third kappa shape index (κ3) is 6.23. The van der Waals surface area contributed by atoms with Crippen LogP contribution in [0.25, 0.3) is 0 Å². The van der Waals surface area contributed by atoms with E-state index in [-0.39, 0.29) is 5.92 Å². The molecule has 2 amide bonds. The van der Waals surface area contributed by atoms with Crippen LogP contribution in [0, 0.1) is 5.92 Å². The predicted octanol–water partition coefficient (Wildman–Crippen LogP) is 0.997. The highest BCUT2D eigenvalue weighted by molar-refractivity contribution is 5.94. The molecule has 100 valence electrons. The lowest BCUT2D eigenvalue weighted by atomic mass is 10.0. The standard InChI is InChI=1S/C11H23N3O3/c1-7(2)6-8(12)9(15)14(13)10(16)17-11(3,4)5/h7-8H,6,12-13H2,1-5H3/t8-/m1/s1. The van der Waals surface area contributed by atoms with Gasteiger partial charge in [-0.2, -0.15) is 5.01 Å². The second kappa shape index (κ2) is 5.97. The number of hydrazine groups is 1. The Morgan fingerprint density at radius 1 is 1.29 bits per heavy atom. The van der Waals surface area contributed by atoms with Gasteiger partial charge in [-0.15, -0.1) is 0 Å². The average Bonchev–Trinajstić information content (AvgIpc) is 2.11. The summed E-state index contributed by atoms with van der Waals surface area (Å²) >= 11 is 0. The molecule has 0 aromatic rings. The van der Waals surface area contributed by atoms with Gasteiger partial charge in [0.2, 0.25) is 0 Å². The summed E-state index contributed by atoms with van der Waals surface area (Å²) in [7, 11) is 0. The zero-order chi connectivity index (χ0) is 13.8. The van der Waals surface area contributed by atoms with Crippen LogP contribution in [-0.4, -0.2) is 28.7 Å². The second-order valence-corrected chi connectivity index (χ2v) is 5.42. The summed E-state index contributed by atoms with van der Waals surface area (Å²) in [5, 5.41) is 0.443. The minimum atomic E-state index is -0.887. The van der Waals surface area contributed by atoms with E-state index in [2.05, 4.69) is 0 Å². The SMILES string of the molecule is CC(C)C[C@@H](N)C(=O)N(N)C(=O)OC(C)(C)C. The van der Waals surface area contributed by atoms with E-state index < -0.39 is 23.6 Å². The fourth-order valence-corrected chi connectivity index (χ4v) is 1.19. The number of imide groups is 1. The third-order valence-corrected chi connectivity index (χ3v) is 1.87. The first-order chi connectivity index (χ1) is 7.54. The minimum absolute atomic E-state index is 0.251. The van der Waals surface area contributed by atoms with E-state index in [1.165, 1.54) is 0 Å². The number of hydrogen-bond acceptors (Lipinski definition) is 5. The number of rotatable bonds is 3. The predicted molar refractivity (Wildman–Crippen MR) is 64.7 cm³/mol. The largest absolute Gasteiger partial charge is 0.442 e. The molecule has 0 heterocycles. The van der Waals surface area contributed by atoms with Crippen molar-refractivity contribution in [3.8, 4) is 0 Å². The second-order valence-electron chi connectivity index (χ2n) is 5.42. The van der Waals surface area contributed by atoms with Gasteiger partial charge in [-0.25, -0.2) is 10.6 Å². The molecule has 0 saturated carbocycles. The van der Waals surface area contributed by atoms with Gasteiger partial charge in [-0.3, -0.25) is 4.79 Å². The van der Waals surface area contributed by atoms with Crippen molar-refractivity contribution in [2.45, 2.75) is 52.7 Å². The van der Waals surface area contributed by atoms with Gasteiger partial charge in [0.25, 0.3) is 5.91 Å². The van der Waals surface area contributed by atoms with Crippen molar-refractivity contribution in [2.24, 2.45) is 17.5 Å². The molecule has 0 bridgehead atoms. The van der Waals surface area contributed by atoms with Gasteiger partial charge in [0.1, 0.15) is 5.60 Å². The third-order valence-electron chi connectivity index (χ3n) is 1.87. The summed E-state index contributed by atoms with van der Waals surface area (Å²) < 4.78 is 4.96. The summed E-state index contributed by atoms with van der Waals surface area (Å²) in [5.41, 5.74) is 4.94. The molecule has 0 radical (unpaired) electrons. The minimum Gasteiger partial charge on any atom is -0.442 e. The van der Waals surface area contributed by atoms with Crippen molar-refractivity contribution in [3.05, 3.63) is 0 Å². The van der Waals surface area contributed by atoms with Crippen LogP contribution in [0.3, 0.4) is 0 Å². The number of carbonyl (C=O) groups excluding carboxylic acids is 2. The molecule has 4 N–H and O–H groups in total. The molecule has 0 saturated heterocycles. The maximum atomic E-state index is 11.7. The lowest BCUT2D eigenvalue weighted by molar-refractivity contribution is -0.132. The van der Waals surface area contributed by atoms with Gasteiger partial charge < -0.3 is 10.5 Å². The first-order valence-electron chi connectivity index (χ1n) is 5.62. The first-order valence-corrected chi connectivity index (χ1v) is 5.62. The van der Waals surface area contributed by atoms with Crippen molar-refractivity contribution < 1.29 is 14.3 Å². The van der Waals surface area contributed by atoms with E-state index in [9.17, 15) is 9.59 Å². The maximum Gasteiger partial charge on any atom is 0.431 e. The topological polar surface area (TPSA) is 98.7 Å². The van der Waals surface area contributed by atoms with Gasteiger partial charge in [-0.05, 0) is 33.1 Å². The first kappa shape index (κ1) is 15.9. The maximum absolute atomic E-state index is 11.7. The molecular formula is C11H23N3O3. The van der Waals surface area contributed by atoms with Crippen LogP contribution in [0.1, 0.15) is 41.0 Å². The van der Waals surface area contributed by atoms with Gasteiger partial charge in [0.05, 0.1) is 6.04 Å². The van der Waals surface area contributed by atoms with E-state index in [1.54, 1.807) is 20.8 Å². The Hall–Kier alpha value is -1.14. The summed E-state index contributed by atoms with van der Waals surface area (Å²) in [6, 6.07) is -0.785. The van der Waals surface area contributed by atoms with Crippen molar-refractivity contribution in [1.82, 2.24) is 5.01 Å². The monoisotopic (exact) mass is 245 g/mol. The molecule has 0 aromatic carbocycles. The molecule has 0 fully saturated rings. The highest BCUT2D eigenvalue weighted by Gasteiger charge is 2.28. The zero-order valence-corrected chi connectivity index (χ0v) is 11.2. The quantitative estimate of drug-likeness (QED) is 0.439. The average molecular weight is 245 g/mol. The normalized spacial score (nSPS) is 13.4. The fraction of sp³-hybridized carbons (Fsp3) is 0.818. The van der Waals surface area contributed by atoms with Crippen molar-refractivity contribution in [3.63, 3.8) is 0 Å². The molecule has 6 heteroatoms. The van der Waals surface area contributed by atoms with Crippen LogP contribution < -0.4 is 11.6 Å². The zero-order valence-electron chi connectivity index (χ0n) is 11.2. The van der Waals surface area contributed by atoms with E-state index in [0.717, 1.165) is 0 Å². The Morgan fingerprint density at radius 2 is 1.76 bits per heavy atom. The molecule has 0 spiro atoms. The molecule has 1 atom stereocenters. The molecule has 0 aliphatic rings. The van der Waals surface area contributed by atoms with Crippen molar-refractivity contribution >= 4 is 12.0 Å². The Kier molecular flexibility index (Phi) is 5.57. The number of nitrogens with zero attached hydrogens (tertiary/aromatic N) is 1. The van der Waals surface area contributed by atoms with Crippen LogP contribution in [-0.2, 0) is 9.53 Å². The van der Waals surface area contributed by atoms with Gasteiger partial charge in [0.15, 0.2) is 0 Å². The summed E-state index contributed by atoms with van der Waals surface area (Å²) in [6.07, 6.45) is -0.420. The lowest BCUT2D eigenvalue weighted by Gasteiger charge is -2.25. The van der Waals surface area contributed by atoms with Crippen LogP contribution in [0.4, 0.5) is 4.79 Å². The fourth-order valence-electron chi connectivity index (χ4n) is 1.19. The lowest BCUT2D eigenvalue weighted by Crippen LogP contribution is -2.52. The van der Waals surface area contributed by atoms with Crippen LogP contribution in [0.15, 0.2) is 0 Å². The van der Waals surface area contributed by atoms with E-state index in [0.29, 0.717) is 11.4 Å². The molecule has 6 nitrogen and oxygen atoms in total. The van der Waals surface area contributed by atoms with Crippen LogP contribution >= 0.6 is 0 Å². The van der Waals surface area contributed by atoms with Crippen molar-refractivity contribution in [2.75, 3.05) is 0 Å².